The Bertz CT molecular complexity index is 720. The van der Waals surface area contributed by atoms with Gasteiger partial charge < -0.3 is 4.57 Å². The van der Waals surface area contributed by atoms with Gasteiger partial charge in [0.1, 0.15) is 0 Å². The maximum Gasteiger partial charge on any atom is 0.332 e. The molecule has 1 unspecified atom stereocenters. The van der Waals surface area contributed by atoms with E-state index in [2.05, 4.69) is 11.6 Å². The maximum atomic E-state index is 12.1. The molecule has 0 bridgehead atoms. The van der Waals surface area contributed by atoms with Gasteiger partial charge in [0.05, 0.1) is 6.33 Å². The fourth-order valence-electron chi connectivity index (χ4n) is 1.92. The number of nitrogens with zero attached hydrogens (tertiary/aromatic N) is 4. The molecule has 2 aromatic rings. The zero-order valence-corrected chi connectivity index (χ0v) is 10.8. The van der Waals surface area contributed by atoms with Crippen LogP contribution in [0.4, 0.5) is 0 Å². The average Bonchev–Trinajstić information content (AvgIpc) is 2.77. The minimum absolute atomic E-state index is 0.226. The molecule has 0 aromatic carbocycles. The highest BCUT2D eigenvalue weighted by atomic mass is 16.2. The van der Waals surface area contributed by atoms with E-state index in [9.17, 15) is 9.59 Å². The van der Waals surface area contributed by atoms with Gasteiger partial charge in [-0.1, -0.05) is 13.0 Å². The van der Waals surface area contributed by atoms with Crippen LogP contribution in [-0.4, -0.2) is 18.7 Å². The van der Waals surface area contributed by atoms with Crippen LogP contribution in [0.25, 0.3) is 11.2 Å². The summed E-state index contributed by atoms with van der Waals surface area (Å²) in [7, 11) is 3.08. The minimum atomic E-state index is -0.366. The lowest BCUT2D eigenvalue weighted by atomic mass is 10.2. The van der Waals surface area contributed by atoms with Gasteiger partial charge in [-0.3, -0.25) is 13.9 Å². The molecule has 6 nitrogen and oxygen atoms in total. The van der Waals surface area contributed by atoms with Crippen LogP contribution >= 0.6 is 0 Å². The van der Waals surface area contributed by atoms with E-state index in [4.69, 9.17) is 0 Å². The van der Waals surface area contributed by atoms with Crippen molar-refractivity contribution in [2.75, 3.05) is 0 Å². The lowest BCUT2D eigenvalue weighted by molar-refractivity contribution is 0.579. The lowest BCUT2D eigenvalue weighted by Gasteiger charge is -2.09. The van der Waals surface area contributed by atoms with Crippen molar-refractivity contribution in [2.24, 2.45) is 20.0 Å². The highest BCUT2D eigenvalue weighted by molar-refractivity contribution is 5.69. The van der Waals surface area contributed by atoms with E-state index in [1.807, 2.05) is 13.0 Å². The summed E-state index contributed by atoms with van der Waals surface area (Å²) in [6.07, 6.45) is 3.41. The van der Waals surface area contributed by atoms with E-state index in [0.29, 0.717) is 17.7 Å². The standard InChI is InChI=1S/C12H16N4O2/c1-5-8(2)6-16-7-13-10-9(16)11(17)15(4)12(18)14(10)3/h5,7-8H,1,6H2,2-4H3. The van der Waals surface area contributed by atoms with Gasteiger partial charge in [-0.05, 0) is 5.92 Å². The van der Waals surface area contributed by atoms with Crippen molar-refractivity contribution in [3.63, 3.8) is 0 Å². The first-order valence-corrected chi connectivity index (χ1v) is 5.70. The second-order valence-electron chi connectivity index (χ2n) is 4.49. The monoisotopic (exact) mass is 248 g/mol. The summed E-state index contributed by atoms with van der Waals surface area (Å²) >= 11 is 0. The molecule has 2 aromatic heterocycles. The van der Waals surface area contributed by atoms with Crippen molar-refractivity contribution in [1.82, 2.24) is 18.7 Å². The van der Waals surface area contributed by atoms with E-state index in [-0.39, 0.29) is 17.2 Å². The number of rotatable bonds is 3. The fourth-order valence-corrected chi connectivity index (χ4v) is 1.92. The smallest absolute Gasteiger partial charge is 0.324 e. The molecule has 0 aliphatic heterocycles. The van der Waals surface area contributed by atoms with E-state index >= 15 is 0 Å². The van der Waals surface area contributed by atoms with Crippen LogP contribution in [0.3, 0.4) is 0 Å². The third-order valence-corrected chi connectivity index (χ3v) is 3.10. The topological polar surface area (TPSA) is 61.8 Å². The summed E-state index contributed by atoms with van der Waals surface area (Å²) in [5.74, 6) is 0.226. The van der Waals surface area contributed by atoms with Crippen LogP contribution in [0.2, 0.25) is 0 Å². The zero-order chi connectivity index (χ0) is 13.4. The van der Waals surface area contributed by atoms with Crippen molar-refractivity contribution in [1.29, 1.82) is 0 Å². The Morgan fingerprint density at radius 2 is 2.06 bits per heavy atom. The molecule has 0 saturated heterocycles. The second-order valence-corrected chi connectivity index (χ2v) is 4.49. The van der Waals surface area contributed by atoms with Crippen LogP contribution in [-0.2, 0) is 20.6 Å². The van der Waals surface area contributed by atoms with Gasteiger partial charge in [0.25, 0.3) is 5.56 Å². The largest absolute Gasteiger partial charge is 0.332 e. The maximum absolute atomic E-state index is 12.1. The molecule has 6 heteroatoms. The molecule has 0 fully saturated rings. The first kappa shape index (κ1) is 12.3. The lowest BCUT2D eigenvalue weighted by Crippen LogP contribution is -2.37. The number of fused-ring (bicyclic) bond motifs is 1. The molecule has 2 rings (SSSR count). The Hall–Kier alpha value is -2.11. The summed E-state index contributed by atoms with van der Waals surface area (Å²) in [5, 5.41) is 0. The Balaban J connectivity index is 2.77. The summed E-state index contributed by atoms with van der Waals surface area (Å²) < 4.78 is 4.24. The van der Waals surface area contributed by atoms with Crippen LogP contribution in [0, 0.1) is 5.92 Å². The molecule has 0 aliphatic carbocycles. The highest BCUT2D eigenvalue weighted by Crippen LogP contribution is 2.09. The number of imidazole rings is 1. The molecule has 0 radical (unpaired) electrons. The predicted octanol–water partition coefficient (Wildman–Crippen LogP) is 0.256. The summed E-state index contributed by atoms with van der Waals surface area (Å²) in [6.45, 7) is 6.34. The van der Waals surface area contributed by atoms with Crippen molar-refractivity contribution in [2.45, 2.75) is 13.5 Å². The SMILES string of the molecule is C=CC(C)Cn1cnc2c1c(=O)n(C)c(=O)n2C. The zero-order valence-electron chi connectivity index (χ0n) is 10.8. The normalized spacial score (nSPS) is 12.8. The Morgan fingerprint density at radius 3 is 2.67 bits per heavy atom. The van der Waals surface area contributed by atoms with E-state index in [0.717, 1.165) is 4.57 Å². The van der Waals surface area contributed by atoms with E-state index < -0.39 is 0 Å². The molecule has 0 saturated carbocycles. The molecule has 0 N–H and O–H groups in total. The summed E-state index contributed by atoms with van der Waals surface area (Å²) in [5.41, 5.74) is 0.184. The van der Waals surface area contributed by atoms with Crippen molar-refractivity contribution >= 4 is 11.2 Å². The Labute approximate surface area is 104 Å². The number of hydrogen-bond donors (Lipinski definition) is 0. The van der Waals surface area contributed by atoms with Gasteiger partial charge in [0.15, 0.2) is 11.2 Å². The molecule has 0 amide bonds. The first-order chi connectivity index (χ1) is 8.47. The number of aromatic nitrogens is 4. The average molecular weight is 248 g/mol. The van der Waals surface area contributed by atoms with Gasteiger partial charge in [-0.15, -0.1) is 6.58 Å². The van der Waals surface area contributed by atoms with Gasteiger partial charge in [0, 0.05) is 20.6 Å². The molecule has 96 valence electrons. The predicted molar refractivity (Wildman–Crippen MR) is 69.6 cm³/mol. The molecule has 1 atom stereocenters. The molecule has 18 heavy (non-hydrogen) atoms. The van der Waals surface area contributed by atoms with Gasteiger partial charge in [-0.25, -0.2) is 9.78 Å². The van der Waals surface area contributed by atoms with Crippen LogP contribution in [0.5, 0.6) is 0 Å². The number of aryl methyl sites for hydroxylation is 1. The summed E-state index contributed by atoms with van der Waals surface area (Å²) in [4.78, 5) is 28.0. The molecule has 0 aliphatic rings. The molecule has 2 heterocycles. The summed E-state index contributed by atoms with van der Waals surface area (Å²) in [6, 6.07) is 0. The first-order valence-electron chi connectivity index (χ1n) is 5.70. The Kier molecular flexibility index (Phi) is 2.94. The molecular formula is C12H16N4O2. The second kappa shape index (κ2) is 4.29. The van der Waals surface area contributed by atoms with Crippen LogP contribution in [0.1, 0.15) is 6.92 Å². The van der Waals surface area contributed by atoms with Gasteiger partial charge in [-0.2, -0.15) is 0 Å². The van der Waals surface area contributed by atoms with E-state index in [1.54, 1.807) is 17.9 Å². The van der Waals surface area contributed by atoms with Crippen LogP contribution < -0.4 is 11.2 Å². The van der Waals surface area contributed by atoms with Crippen LogP contribution in [0.15, 0.2) is 28.6 Å². The number of hydrogen-bond acceptors (Lipinski definition) is 3. The minimum Gasteiger partial charge on any atom is -0.324 e. The fraction of sp³-hybridized carbons (Fsp3) is 0.417. The third-order valence-electron chi connectivity index (χ3n) is 3.10. The molecule has 0 spiro atoms. The van der Waals surface area contributed by atoms with Gasteiger partial charge in [0.2, 0.25) is 0 Å². The number of allylic oxidation sites excluding steroid dienone is 1. The quantitative estimate of drug-likeness (QED) is 0.732. The Morgan fingerprint density at radius 1 is 1.39 bits per heavy atom. The van der Waals surface area contributed by atoms with Gasteiger partial charge >= 0.3 is 5.69 Å². The van der Waals surface area contributed by atoms with E-state index in [1.165, 1.54) is 11.6 Å². The highest BCUT2D eigenvalue weighted by Gasteiger charge is 2.14. The van der Waals surface area contributed by atoms with Crippen molar-refractivity contribution < 1.29 is 0 Å². The third kappa shape index (κ3) is 1.70. The molecular weight excluding hydrogens is 232 g/mol. The van der Waals surface area contributed by atoms with Crippen molar-refractivity contribution in [3.8, 4) is 0 Å². The van der Waals surface area contributed by atoms with Crippen molar-refractivity contribution in [3.05, 3.63) is 39.8 Å².